The van der Waals surface area contributed by atoms with Crippen molar-refractivity contribution < 1.29 is 9.47 Å². The van der Waals surface area contributed by atoms with Crippen LogP contribution in [0.2, 0.25) is 0 Å². The summed E-state index contributed by atoms with van der Waals surface area (Å²) < 4.78 is 11.1. The number of ether oxygens (including phenoxy) is 2. The van der Waals surface area contributed by atoms with Crippen molar-refractivity contribution in [1.82, 2.24) is 5.32 Å². The lowest BCUT2D eigenvalue weighted by Crippen LogP contribution is -2.45. The zero-order chi connectivity index (χ0) is 11.6. The fraction of sp³-hybridized carbons (Fsp3) is 1.00. The molecule has 0 bridgehead atoms. The lowest BCUT2D eigenvalue weighted by atomic mass is 9.89. The third-order valence-corrected chi connectivity index (χ3v) is 3.00. The SMILES string of the molecule is CCCCOCCOC1CC(NCCC)C1. The molecule has 0 aromatic carbocycles. The van der Waals surface area contributed by atoms with Gasteiger partial charge in [0.2, 0.25) is 0 Å². The highest BCUT2D eigenvalue weighted by Crippen LogP contribution is 2.22. The number of nitrogens with one attached hydrogen (secondary N) is 1. The van der Waals surface area contributed by atoms with Gasteiger partial charge in [0.25, 0.3) is 0 Å². The molecular weight excluding hydrogens is 202 g/mol. The molecule has 1 aliphatic carbocycles. The molecule has 0 aromatic rings. The molecule has 1 saturated carbocycles. The van der Waals surface area contributed by atoms with Gasteiger partial charge >= 0.3 is 0 Å². The summed E-state index contributed by atoms with van der Waals surface area (Å²) in [6, 6.07) is 0.700. The van der Waals surface area contributed by atoms with Crippen LogP contribution in [0.15, 0.2) is 0 Å². The summed E-state index contributed by atoms with van der Waals surface area (Å²) in [6.45, 7) is 7.91. The van der Waals surface area contributed by atoms with Crippen molar-refractivity contribution in [2.45, 2.75) is 58.1 Å². The van der Waals surface area contributed by atoms with Crippen LogP contribution >= 0.6 is 0 Å². The van der Waals surface area contributed by atoms with Crippen molar-refractivity contribution in [2.24, 2.45) is 0 Å². The molecule has 1 fully saturated rings. The van der Waals surface area contributed by atoms with E-state index in [2.05, 4.69) is 19.2 Å². The molecule has 0 aromatic heterocycles. The van der Waals surface area contributed by atoms with Gasteiger partial charge in [-0.15, -0.1) is 0 Å². The number of rotatable bonds is 10. The summed E-state index contributed by atoms with van der Waals surface area (Å²) in [5.41, 5.74) is 0. The Balaban J connectivity index is 1.79. The molecule has 0 unspecified atom stereocenters. The van der Waals surface area contributed by atoms with Crippen LogP contribution in [0.4, 0.5) is 0 Å². The summed E-state index contributed by atoms with van der Waals surface area (Å²) in [4.78, 5) is 0. The van der Waals surface area contributed by atoms with E-state index in [-0.39, 0.29) is 0 Å². The highest BCUT2D eigenvalue weighted by Gasteiger charge is 2.28. The molecular formula is C13H27NO2. The monoisotopic (exact) mass is 229 g/mol. The Morgan fingerprint density at radius 2 is 1.88 bits per heavy atom. The summed E-state index contributed by atoms with van der Waals surface area (Å²) in [5, 5.41) is 3.51. The van der Waals surface area contributed by atoms with Crippen molar-refractivity contribution >= 4 is 0 Å². The van der Waals surface area contributed by atoms with Gasteiger partial charge in [0.15, 0.2) is 0 Å². The van der Waals surface area contributed by atoms with Crippen molar-refractivity contribution in [1.29, 1.82) is 0 Å². The molecule has 0 atom stereocenters. The van der Waals surface area contributed by atoms with Crippen LogP contribution < -0.4 is 5.32 Å². The van der Waals surface area contributed by atoms with E-state index in [0.717, 1.165) is 32.8 Å². The van der Waals surface area contributed by atoms with E-state index in [1.54, 1.807) is 0 Å². The third kappa shape index (κ3) is 5.83. The van der Waals surface area contributed by atoms with Gasteiger partial charge < -0.3 is 14.8 Å². The third-order valence-electron chi connectivity index (χ3n) is 3.00. The van der Waals surface area contributed by atoms with Gasteiger partial charge in [-0.05, 0) is 32.2 Å². The van der Waals surface area contributed by atoms with Crippen molar-refractivity contribution in [3.05, 3.63) is 0 Å². The first-order valence-corrected chi connectivity index (χ1v) is 6.79. The van der Waals surface area contributed by atoms with Gasteiger partial charge in [-0.3, -0.25) is 0 Å². The molecule has 1 N–H and O–H groups in total. The number of hydrogen-bond acceptors (Lipinski definition) is 3. The van der Waals surface area contributed by atoms with Gasteiger partial charge in [0, 0.05) is 12.6 Å². The Morgan fingerprint density at radius 3 is 2.56 bits per heavy atom. The molecule has 3 nitrogen and oxygen atoms in total. The van der Waals surface area contributed by atoms with Gasteiger partial charge in [-0.25, -0.2) is 0 Å². The topological polar surface area (TPSA) is 30.5 Å². The average Bonchev–Trinajstić information content (AvgIpc) is 2.24. The molecule has 0 spiro atoms. The summed E-state index contributed by atoms with van der Waals surface area (Å²) in [7, 11) is 0. The minimum absolute atomic E-state index is 0.476. The van der Waals surface area contributed by atoms with Crippen LogP contribution in [0.5, 0.6) is 0 Å². The maximum absolute atomic E-state index is 5.70. The molecule has 96 valence electrons. The normalized spacial score (nSPS) is 24.4. The second-order valence-electron chi connectivity index (χ2n) is 4.58. The van der Waals surface area contributed by atoms with Crippen molar-refractivity contribution in [3.8, 4) is 0 Å². The quantitative estimate of drug-likeness (QED) is 0.583. The second kappa shape index (κ2) is 8.97. The molecule has 0 amide bonds. The minimum Gasteiger partial charge on any atom is -0.379 e. The predicted octanol–water partition coefficient (Wildman–Crippen LogP) is 2.35. The van der Waals surface area contributed by atoms with Gasteiger partial charge in [-0.1, -0.05) is 20.3 Å². The maximum Gasteiger partial charge on any atom is 0.0704 e. The maximum atomic E-state index is 5.70. The zero-order valence-electron chi connectivity index (χ0n) is 10.8. The summed E-state index contributed by atoms with van der Waals surface area (Å²) in [5.74, 6) is 0. The van der Waals surface area contributed by atoms with E-state index in [1.165, 1.54) is 25.7 Å². The van der Waals surface area contributed by atoms with Crippen LogP contribution in [0.1, 0.15) is 46.0 Å². The smallest absolute Gasteiger partial charge is 0.0704 e. The molecule has 0 heterocycles. The van der Waals surface area contributed by atoms with E-state index < -0.39 is 0 Å². The Labute approximate surface area is 99.9 Å². The molecule has 16 heavy (non-hydrogen) atoms. The minimum atomic E-state index is 0.476. The largest absolute Gasteiger partial charge is 0.379 e. The second-order valence-corrected chi connectivity index (χ2v) is 4.58. The Hall–Kier alpha value is -0.120. The van der Waals surface area contributed by atoms with E-state index in [1.807, 2.05) is 0 Å². The molecule has 1 aliphatic rings. The van der Waals surface area contributed by atoms with Crippen LogP contribution in [-0.4, -0.2) is 38.5 Å². The van der Waals surface area contributed by atoms with Crippen LogP contribution in [0, 0.1) is 0 Å². The average molecular weight is 229 g/mol. The van der Waals surface area contributed by atoms with Crippen molar-refractivity contribution in [2.75, 3.05) is 26.4 Å². The van der Waals surface area contributed by atoms with Gasteiger partial charge in [0.05, 0.1) is 19.3 Å². The Kier molecular flexibility index (Phi) is 7.81. The Bertz CT molecular complexity index is 158. The van der Waals surface area contributed by atoms with E-state index in [4.69, 9.17) is 9.47 Å². The molecule has 3 heteroatoms. The van der Waals surface area contributed by atoms with Crippen LogP contribution in [0.25, 0.3) is 0 Å². The molecule has 0 radical (unpaired) electrons. The van der Waals surface area contributed by atoms with Crippen molar-refractivity contribution in [3.63, 3.8) is 0 Å². The van der Waals surface area contributed by atoms with Crippen LogP contribution in [0.3, 0.4) is 0 Å². The highest BCUT2D eigenvalue weighted by molar-refractivity contribution is 4.85. The predicted molar refractivity (Wildman–Crippen MR) is 66.8 cm³/mol. The number of unbranched alkanes of at least 4 members (excludes halogenated alkanes) is 1. The van der Waals surface area contributed by atoms with Gasteiger partial charge in [-0.2, -0.15) is 0 Å². The van der Waals surface area contributed by atoms with E-state index in [9.17, 15) is 0 Å². The first kappa shape index (κ1) is 13.9. The zero-order valence-corrected chi connectivity index (χ0v) is 10.8. The fourth-order valence-electron chi connectivity index (χ4n) is 1.84. The van der Waals surface area contributed by atoms with E-state index in [0.29, 0.717) is 12.1 Å². The van der Waals surface area contributed by atoms with Gasteiger partial charge in [0.1, 0.15) is 0 Å². The molecule has 0 aliphatic heterocycles. The molecule has 1 rings (SSSR count). The summed E-state index contributed by atoms with van der Waals surface area (Å²) >= 11 is 0. The lowest BCUT2D eigenvalue weighted by Gasteiger charge is -2.35. The van der Waals surface area contributed by atoms with Crippen LogP contribution in [-0.2, 0) is 9.47 Å². The summed E-state index contributed by atoms with van der Waals surface area (Å²) in [6.07, 6.45) is 6.40. The lowest BCUT2D eigenvalue weighted by molar-refractivity contribution is -0.0419. The number of hydrogen-bond donors (Lipinski definition) is 1. The Morgan fingerprint density at radius 1 is 1.06 bits per heavy atom. The first-order chi connectivity index (χ1) is 7.86. The highest BCUT2D eigenvalue weighted by atomic mass is 16.5. The fourth-order valence-corrected chi connectivity index (χ4v) is 1.84. The van der Waals surface area contributed by atoms with E-state index >= 15 is 0 Å². The first-order valence-electron chi connectivity index (χ1n) is 6.79. The molecule has 0 saturated heterocycles. The standard InChI is InChI=1S/C13H27NO2/c1-3-5-7-15-8-9-16-13-10-12(11-13)14-6-4-2/h12-14H,3-11H2,1-2H3.